The number of carboxylic acids is 1. The molecule has 4 rings (SSSR count). The molecule has 1 aliphatic carbocycles. The van der Waals surface area contributed by atoms with Crippen LogP contribution in [0.2, 0.25) is 5.02 Å². The predicted octanol–water partition coefficient (Wildman–Crippen LogP) is 3.40. The number of carboxylic acid groups (broad SMARTS) is 1. The van der Waals surface area contributed by atoms with E-state index < -0.39 is 5.97 Å². The molecule has 1 amide bonds. The van der Waals surface area contributed by atoms with E-state index in [1.165, 1.54) is 32.1 Å². The number of nitrogens with zero attached hydrogens (tertiary/aromatic N) is 3. The Morgan fingerprint density at radius 1 is 1.06 bits per heavy atom. The zero-order chi connectivity index (χ0) is 21.8. The van der Waals surface area contributed by atoms with E-state index in [9.17, 15) is 9.59 Å². The van der Waals surface area contributed by atoms with Crippen LogP contribution in [0, 0.1) is 5.92 Å². The van der Waals surface area contributed by atoms with Crippen LogP contribution in [-0.2, 0) is 4.79 Å². The summed E-state index contributed by atoms with van der Waals surface area (Å²) in [6.45, 7) is 3.56. The van der Waals surface area contributed by atoms with Gasteiger partial charge in [-0.05, 0) is 43.0 Å². The molecule has 1 aromatic heterocycles. The number of aromatic nitrogens is 1. The number of aliphatic carboxylic acids is 1. The Labute approximate surface area is 187 Å². The van der Waals surface area contributed by atoms with Gasteiger partial charge in [-0.25, -0.2) is 4.98 Å². The number of fused-ring (bicyclic) bond motifs is 1. The van der Waals surface area contributed by atoms with Crippen LogP contribution in [0.25, 0.3) is 10.9 Å². The zero-order valence-corrected chi connectivity index (χ0v) is 18.4. The van der Waals surface area contributed by atoms with Crippen molar-refractivity contribution in [3.63, 3.8) is 0 Å². The highest BCUT2D eigenvalue weighted by molar-refractivity contribution is 6.35. The van der Waals surface area contributed by atoms with Crippen LogP contribution in [0.4, 0.5) is 5.82 Å². The largest absolute Gasteiger partial charge is 0.480 e. The van der Waals surface area contributed by atoms with Gasteiger partial charge in [0.05, 0.1) is 22.6 Å². The SMILES string of the molecule is O=C(O)CN1CCN(c2ccc3c(C(=O)NCC4CCCCC4)c(Cl)ccc3n2)CC1. The Hall–Kier alpha value is -2.38. The molecule has 1 aromatic carbocycles. The van der Waals surface area contributed by atoms with Crippen molar-refractivity contribution in [1.29, 1.82) is 0 Å². The summed E-state index contributed by atoms with van der Waals surface area (Å²) in [7, 11) is 0. The maximum Gasteiger partial charge on any atom is 0.317 e. The van der Waals surface area contributed by atoms with Gasteiger partial charge >= 0.3 is 5.97 Å². The molecule has 31 heavy (non-hydrogen) atoms. The van der Waals surface area contributed by atoms with Gasteiger partial charge in [0.2, 0.25) is 0 Å². The minimum absolute atomic E-state index is 0.0663. The third kappa shape index (κ3) is 5.28. The molecule has 2 aromatic rings. The highest BCUT2D eigenvalue weighted by Gasteiger charge is 2.22. The lowest BCUT2D eigenvalue weighted by Crippen LogP contribution is -2.48. The van der Waals surface area contributed by atoms with Gasteiger partial charge in [-0.15, -0.1) is 0 Å². The number of nitrogens with one attached hydrogen (secondary N) is 1. The molecule has 0 atom stereocenters. The Bertz CT molecular complexity index is 953. The van der Waals surface area contributed by atoms with Gasteiger partial charge in [0.1, 0.15) is 5.82 Å². The predicted molar refractivity (Wildman–Crippen MR) is 122 cm³/mol. The molecule has 0 spiro atoms. The molecule has 1 saturated carbocycles. The van der Waals surface area contributed by atoms with Gasteiger partial charge in [-0.3, -0.25) is 14.5 Å². The summed E-state index contributed by atoms with van der Waals surface area (Å²) in [5, 5.41) is 13.2. The first-order valence-corrected chi connectivity index (χ1v) is 11.5. The lowest BCUT2D eigenvalue weighted by molar-refractivity contribution is -0.138. The Balaban J connectivity index is 1.47. The number of carbonyl (C=O) groups excluding carboxylic acids is 1. The fraction of sp³-hybridized carbons (Fsp3) is 0.522. The average Bonchev–Trinajstić information content (AvgIpc) is 2.78. The van der Waals surface area contributed by atoms with E-state index in [-0.39, 0.29) is 12.5 Å². The molecule has 0 radical (unpaired) electrons. The molecular formula is C23H29ClN4O3. The van der Waals surface area contributed by atoms with Crippen LogP contribution in [0.1, 0.15) is 42.5 Å². The number of halogens is 1. The summed E-state index contributed by atoms with van der Waals surface area (Å²) in [6, 6.07) is 7.42. The second kappa shape index (κ2) is 9.83. The molecule has 7 nitrogen and oxygen atoms in total. The first-order chi connectivity index (χ1) is 15.0. The third-order valence-electron chi connectivity index (χ3n) is 6.36. The van der Waals surface area contributed by atoms with Crippen molar-refractivity contribution in [3.05, 3.63) is 34.9 Å². The summed E-state index contributed by atoms with van der Waals surface area (Å²) < 4.78 is 0. The molecule has 2 aliphatic rings. The Morgan fingerprint density at radius 3 is 2.52 bits per heavy atom. The molecule has 2 heterocycles. The minimum Gasteiger partial charge on any atom is -0.480 e. The van der Waals surface area contributed by atoms with Crippen LogP contribution in [-0.4, -0.2) is 66.1 Å². The number of anilines is 1. The average molecular weight is 445 g/mol. The van der Waals surface area contributed by atoms with Crippen molar-refractivity contribution in [2.75, 3.05) is 44.2 Å². The quantitative estimate of drug-likeness (QED) is 0.710. The Morgan fingerprint density at radius 2 is 1.81 bits per heavy atom. The summed E-state index contributed by atoms with van der Waals surface area (Å²) >= 11 is 6.41. The number of pyridine rings is 1. The standard InChI is InChI=1S/C23H29ClN4O3/c24-18-7-8-19-17(22(18)23(31)25-14-16-4-2-1-3-5-16)6-9-20(26-19)28-12-10-27(11-13-28)15-21(29)30/h6-9,16H,1-5,10-15H2,(H,25,31)(H,29,30). The van der Waals surface area contributed by atoms with Crippen molar-refractivity contribution in [2.24, 2.45) is 5.92 Å². The van der Waals surface area contributed by atoms with Crippen LogP contribution >= 0.6 is 11.6 Å². The van der Waals surface area contributed by atoms with Crippen molar-refractivity contribution in [3.8, 4) is 0 Å². The summed E-state index contributed by atoms with van der Waals surface area (Å²) in [5.41, 5.74) is 1.22. The van der Waals surface area contributed by atoms with Crippen LogP contribution in [0.3, 0.4) is 0 Å². The highest BCUT2D eigenvalue weighted by Crippen LogP contribution is 2.28. The second-order valence-electron chi connectivity index (χ2n) is 8.53. The number of hydrogen-bond acceptors (Lipinski definition) is 5. The first kappa shape index (κ1) is 21.8. The molecule has 166 valence electrons. The first-order valence-electron chi connectivity index (χ1n) is 11.1. The number of amides is 1. The second-order valence-corrected chi connectivity index (χ2v) is 8.94. The molecule has 8 heteroatoms. The van der Waals surface area contributed by atoms with E-state index in [0.717, 1.165) is 16.7 Å². The van der Waals surface area contributed by atoms with Crippen LogP contribution in [0.5, 0.6) is 0 Å². The van der Waals surface area contributed by atoms with E-state index >= 15 is 0 Å². The van der Waals surface area contributed by atoms with E-state index in [1.807, 2.05) is 23.1 Å². The molecule has 2 N–H and O–H groups in total. The third-order valence-corrected chi connectivity index (χ3v) is 6.68. The lowest BCUT2D eigenvalue weighted by Gasteiger charge is -2.34. The summed E-state index contributed by atoms with van der Waals surface area (Å²) in [6.07, 6.45) is 6.13. The van der Waals surface area contributed by atoms with E-state index in [2.05, 4.69) is 10.2 Å². The van der Waals surface area contributed by atoms with Gasteiger partial charge in [-0.1, -0.05) is 30.9 Å². The van der Waals surface area contributed by atoms with Gasteiger partial charge in [-0.2, -0.15) is 0 Å². The minimum atomic E-state index is -0.802. The van der Waals surface area contributed by atoms with Crippen molar-refractivity contribution >= 4 is 40.2 Å². The Kier molecular flexibility index (Phi) is 6.92. The van der Waals surface area contributed by atoms with Crippen molar-refractivity contribution in [2.45, 2.75) is 32.1 Å². The summed E-state index contributed by atoms with van der Waals surface area (Å²) in [4.78, 5) is 32.7. The highest BCUT2D eigenvalue weighted by atomic mass is 35.5. The fourth-order valence-corrected chi connectivity index (χ4v) is 4.87. The number of benzene rings is 1. The smallest absolute Gasteiger partial charge is 0.317 e. The summed E-state index contributed by atoms with van der Waals surface area (Å²) in [5.74, 6) is 0.441. The lowest BCUT2D eigenvalue weighted by atomic mass is 9.89. The molecular weight excluding hydrogens is 416 g/mol. The molecule has 0 unspecified atom stereocenters. The van der Waals surface area contributed by atoms with Crippen LogP contribution < -0.4 is 10.2 Å². The monoisotopic (exact) mass is 444 g/mol. The maximum atomic E-state index is 12.9. The van der Waals surface area contributed by atoms with Crippen LogP contribution in [0.15, 0.2) is 24.3 Å². The normalized spacial score (nSPS) is 18.3. The van der Waals surface area contributed by atoms with Crippen molar-refractivity contribution in [1.82, 2.24) is 15.2 Å². The van der Waals surface area contributed by atoms with Gasteiger partial charge in [0.15, 0.2) is 0 Å². The number of carbonyl (C=O) groups is 2. The van der Waals surface area contributed by atoms with Crippen molar-refractivity contribution < 1.29 is 14.7 Å². The van der Waals surface area contributed by atoms with E-state index in [1.54, 1.807) is 6.07 Å². The van der Waals surface area contributed by atoms with Gasteiger partial charge in [0.25, 0.3) is 5.91 Å². The number of rotatable bonds is 6. The van der Waals surface area contributed by atoms with E-state index in [4.69, 9.17) is 21.7 Å². The molecule has 0 bridgehead atoms. The molecule has 2 fully saturated rings. The number of piperazine rings is 1. The van der Waals surface area contributed by atoms with E-state index in [0.29, 0.717) is 49.2 Å². The molecule has 1 aliphatic heterocycles. The number of hydrogen-bond donors (Lipinski definition) is 2. The topological polar surface area (TPSA) is 85.8 Å². The zero-order valence-electron chi connectivity index (χ0n) is 17.6. The maximum absolute atomic E-state index is 12.9. The van der Waals surface area contributed by atoms with Gasteiger partial charge in [0, 0.05) is 38.1 Å². The molecule has 1 saturated heterocycles. The van der Waals surface area contributed by atoms with Gasteiger partial charge < -0.3 is 15.3 Å². The fourth-order valence-electron chi connectivity index (χ4n) is 4.62.